The van der Waals surface area contributed by atoms with Crippen molar-refractivity contribution in [3.8, 4) is 0 Å². The molecule has 0 aliphatic carbocycles. The standard InChI is InChI=1S/C23H27N3O/c1-16-7-6-8-19(13-16)26-12-11-25(15-17(26)2)18(3)23(27)21-14-24-22-10-5-4-9-20(21)22/h4-10,13-14,17-18,24H,11-12,15H2,1-3H3/t17-,18+/m1/s1. The van der Waals surface area contributed by atoms with E-state index in [0.717, 1.165) is 36.1 Å². The lowest BCUT2D eigenvalue weighted by Crippen LogP contribution is -2.56. The van der Waals surface area contributed by atoms with Gasteiger partial charge < -0.3 is 9.88 Å². The van der Waals surface area contributed by atoms with Gasteiger partial charge in [0.2, 0.25) is 0 Å². The molecule has 27 heavy (non-hydrogen) atoms. The van der Waals surface area contributed by atoms with Crippen LogP contribution in [0.3, 0.4) is 0 Å². The minimum Gasteiger partial charge on any atom is -0.366 e. The number of fused-ring (bicyclic) bond motifs is 1. The molecular weight excluding hydrogens is 334 g/mol. The number of nitrogens with zero attached hydrogens (tertiary/aromatic N) is 2. The van der Waals surface area contributed by atoms with Crippen LogP contribution in [0.4, 0.5) is 5.69 Å². The van der Waals surface area contributed by atoms with Crippen molar-refractivity contribution >= 4 is 22.4 Å². The number of aryl methyl sites for hydroxylation is 1. The third-order valence-electron chi connectivity index (χ3n) is 5.77. The zero-order valence-corrected chi connectivity index (χ0v) is 16.3. The number of H-pyrrole nitrogens is 1. The molecule has 4 rings (SSSR count). The fourth-order valence-electron chi connectivity index (χ4n) is 4.19. The molecule has 4 nitrogen and oxygen atoms in total. The summed E-state index contributed by atoms with van der Waals surface area (Å²) < 4.78 is 0. The first-order chi connectivity index (χ1) is 13.0. The van der Waals surface area contributed by atoms with E-state index >= 15 is 0 Å². The van der Waals surface area contributed by atoms with Gasteiger partial charge in [0.25, 0.3) is 0 Å². The molecule has 1 aliphatic heterocycles. The van der Waals surface area contributed by atoms with E-state index in [0.29, 0.717) is 6.04 Å². The van der Waals surface area contributed by atoms with Crippen molar-refractivity contribution in [2.24, 2.45) is 0 Å². The van der Waals surface area contributed by atoms with Crippen molar-refractivity contribution in [1.29, 1.82) is 0 Å². The highest BCUT2D eigenvalue weighted by molar-refractivity contribution is 6.10. The first-order valence-corrected chi connectivity index (χ1v) is 9.72. The number of para-hydroxylation sites is 1. The third-order valence-corrected chi connectivity index (χ3v) is 5.77. The van der Waals surface area contributed by atoms with Crippen LogP contribution in [-0.4, -0.2) is 47.4 Å². The van der Waals surface area contributed by atoms with Crippen molar-refractivity contribution in [3.63, 3.8) is 0 Å². The summed E-state index contributed by atoms with van der Waals surface area (Å²) in [6.07, 6.45) is 1.86. The second kappa shape index (κ2) is 7.20. The number of aromatic amines is 1. The maximum atomic E-state index is 13.1. The first-order valence-electron chi connectivity index (χ1n) is 9.72. The number of Topliss-reactive ketones (excluding diaryl/α,β-unsaturated/α-hetero) is 1. The molecular formula is C23H27N3O. The topological polar surface area (TPSA) is 39.3 Å². The number of anilines is 1. The van der Waals surface area contributed by atoms with Crippen LogP contribution in [0.1, 0.15) is 29.8 Å². The van der Waals surface area contributed by atoms with Gasteiger partial charge in [-0.25, -0.2) is 0 Å². The van der Waals surface area contributed by atoms with Crippen molar-refractivity contribution in [2.45, 2.75) is 32.9 Å². The SMILES string of the molecule is Cc1cccc(N2CCN([C@@H](C)C(=O)c3c[nH]c4ccccc34)C[C@H]2C)c1. The minimum atomic E-state index is -0.119. The Morgan fingerprint density at radius 2 is 1.96 bits per heavy atom. The zero-order valence-electron chi connectivity index (χ0n) is 16.3. The van der Waals surface area contributed by atoms with Gasteiger partial charge >= 0.3 is 0 Å². The van der Waals surface area contributed by atoms with E-state index in [1.807, 2.05) is 37.4 Å². The maximum absolute atomic E-state index is 13.1. The summed E-state index contributed by atoms with van der Waals surface area (Å²) in [5.41, 5.74) is 4.38. The van der Waals surface area contributed by atoms with Gasteiger partial charge in [-0.1, -0.05) is 30.3 Å². The summed E-state index contributed by atoms with van der Waals surface area (Å²) in [5.74, 6) is 0.198. The smallest absolute Gasteiger partial charge is 0.181 e. The van der Waals surface area contributed by atoms with Gasteiger partial charge in [-0.05, 0) is 44.5 Å². The van der Waals surface area contributed by atoms with Crippen LogP contribution in [0.15, 0.2) is 54.7 Å². The molecule has 2 atom stereocenters. The molecule has 0 bridgehead atoms. The molecule has 0 radical (unpaired) electrons. The van der Waals surface area contributed by atoms with Gasteiger partial charge in [0.1, 0.15) is 0 Å². The van der Waals surface area contributed by atoms with E-state index in [1.54, 1.807) is 0 Å². The number of hydrogen-bond acceptors (Lipinski definition) is 3. The number of hydrogen-bond donors (Lipinski definition) is 1. The minimum absolute atomic E-state index is 0.119. The summed E-state index contributed by atoms with van der Waals surface area (Å²) in [6.45, 7) is 9.15. The summed E-state index contributed by atoms with van der Waals surface area (Å²) in [7, 11) is 0. The predicted octanol–water partition coefficient (Wildman–Crippen LogP) is 4.26. The van der Waals surface area contributed by atoms with Gasteiger partial charge in [0, 0.05) is 54.0 Å². The molecule has 3 aromatic rings. The Morgan fingerprint density at radius 3 is 2.74 bits per heavy atom. The largest absolute Gasteiger partial charge is 0.366 e. The van der Waals surface area contributed by atoms with E-state index in [4.69, 9.17) is 0 Å². The van der Waals surface area contributed by atoms with E-state index < -0.39 is 0 Å². The van der Waals surface area contributed by atoms with Crippen LogP contribution < -0.4 is 4.90 Å². The van der Waals surface area contributed by atoms with Gasteiger partial charge in [-0.2, -0.15) is 0 Å². The summed E-state index contributed by atoms with van der Waals surface area (Å²) >= 11 is 0. The van der Waals surface area contributed by atoms with Crippen LogP contribution >= 0.6 is 0 Å². The number of benzene rings is 2. The molecule has 140 valence electrons. The Kier molecular flexibility index (Phi) is 4.75. The van der Waals surface area contributed by atoms with Gasteiger partial charge in [-0.3, -0.25) is 9.69 Å². The second-order valence-electron chi connectivity index (χ2n) is 7.66. The van der Waals surface area contributed by atoms with Crippen LogP contribution in [0, 0.1) is 6.92 Å². The van der Waals surface area contributed by atoms with E-state index in [-0.39, 0.29) is 11.8 Å². The van der Waals surface area contributed by atoms with Crippen LogP contribution in [0.2, 0.25) is 0 Å². The number of rotatable bonds is 4. The highest BCUT2D eigenvalue weighted by Crippen LogP contribution is 2.25. The normalized spacial score (nSPS) is 19.4. The predicted molar refractivity (Wildman–Crippen MR) is 112 cm³/mol. The average Bonchev–Trinajstić information content (AvgIpc) is 3.11. The molecule has 1 fully saturated rings. The lowest BCUT2D eigenvalue weighted by molar-refractivity contribution is 0.0813. The van der Waals surface area contributed by atoms with E-state index in [2.05, 4.69) is 52.9 Å². The summed E-state index contributed by atoms with van der Waals surface area (Å²) in [5, 5.41) is 1.01. The molecule has 0 amide bonds. The molecule has 1 saturated heterocycles. The van der Waals surface area contributed by atoms with Gasteiger partial charge in [0.15, 0.2) is 5.78 Å². The van der Waals surface area contributed by atoms with E-state index in [1.165, 1.54) is 11.3 Å². The summed E-state index contributed by atoms with van der Waals surface area (Å²) in [4.78, 5) is 21.1. The number of ketones is 1. The fraction of sp³-hybridized carbons (Fsp3) is 0.348. The monoisotopic (exact) mass is 361 g/mol. The molecule has 0 saturated carbocycles. The van der Waals surface area contributed by atoms with Crippen LogP contribution in [0.5, 0.6) is 0 Å². The number of carbonyl (C=O) groups is 1. The molecule has 0 spiro atoms. The number of piperazine rings is 1. The third kappa shape index (κ3) is 3.37. The van der Waals surface area contributed by atoms with Crippen LogP contribution in [0.25, 0.3) is 10.9 Å². The zero-order chi connectivity index (χ0) is 19.0. The Hall–Kier alpha value is -2.59. The van der Waals surface area contributed by atoms with E-state index in [9.17, 15) is 4.79 Å². The number of aromatic nitrogens is 1. The molecule has 1 aliphatic rings. The fourth-order valence-corrected chi connectivity index (χ4v) is 4.19. The number of carbonyl (C=O) groups excluding carboxylic acids is 1. The average molecular weight is 361 g/mol. The van der Waals surface area contributed by atoms with Crippen LogP contribution in [-0.2, 0) is 0 Å². The van der Waals surface area contributed by atoms with Gasteiger partial charge in [0.05, 0.1) is 6.04 Å². The molecule has 4 heteroatoms. The van der Waals surface area contributed by atoms with Crippen molar-refractivity contribution in [3.05, 3.63) is 65.9 Å². The Balaban J connectivity index is 1.49. The molecule has 2 heterocycles. The first kappa shape index (κ1) is 17.8. The van der Waals surface area contributed by atoms with Crippen molar-refractivity contribution in [1.82, 2.24) is 9.88 Å². The van der Waals surface area contributed by atoms with Crippen molar-refractivity contribution in [2.75, 3.05) is 24.5 Å². The Bertz CT molecular complexity index is 961. The lowest BCUT2D eigenvalue weighted by Gasteiger charge is -2.43. The maximum Gasteiger partial charge on any atom is 0.181 e. The lowest BCUT2D eigenvalue weighted by atomic mass is 10.0. The molecule has 2 aromatic carbocycles. The second-order valence-corrected chi connectivity index (χ2v) is 7.66. The molecule has 1 N–H and O–H groups in total. The highest BCUT2D eigenvalue weighted by atomic mass is 16.1. The van der Waals surface area contributed by atoms with Crippen molar-refractivity contribution < 1.29 is 4.79 Å². The number of nitrogens with one attached hydrogen (secondary N) is 1. The Morgan fingerprint density at radius 1 is 1.15 bits per heavy atom. The summed E-state index contributed by atoms with van der Waals surface area (Å²) in [6, 6.07) is 16.9. The highest BCUT2D eigenvalue weighted by Gasteiger charge is 2.31. The quantitative estimate of drug-likeness (QED) is 0.706. The molecule has 1 aromatic heterocycles. The Labute approximate surface area is 160 Å². The molecule has 0 unspecified atom stereocenters. The van der Waals surface area contributed by atoms with Gasteiger partial charge in [-0.15, -0.1) is 0 Å².